The van der Waals surface area contributed by atoms with E-state index < -0.39 is 10.0 Å². The molecule has 3 aromatic rings. The van der Waals surface area contributed by atoms with Gasteiger partial charge in [-0.2, -0.15) is 0 Å². The van der Waals surface area contributed by atoms with Crippen molar-refractivity contribution in [2.24, 2.45) is 0 Å². The molecule has 1 N–H and O–H groups in total. The highest BCUT2D eigenvalue weighted by Crippen LogP contribution is 2.29. The van der Waals surface area contributed by atoms with Gasteiger partial charge in [-0.3, -0.25) is 14.5 Å². The van der Waals surface area contributed by atoms with Crippen LogP contribution in [0.3, 0.4) is 0 Å². The van der Waals surface area contributed by atoms with Gasteiger partial charge in [-0.05, 0) is 42.0 Å². The SMILES string of the molecule is COc1ccc(OC)c(S(=O)(=O)Nc2ccc(CN3CCN(Cc4ccco4)CC3)cc2)c1. The second-order valence-corrected chi connectivity index (χ2v) is 9.60. The van der Waals surface area contributed by atoms with Crippen LogP contribution in [-0.2, 0) is 23.1 Å². The van der Waals surface area contributed by atoms with E-state index in [4.69, 9.17) is 13.9 Å². The summed E-state index contributed by atoms with van der Waals surface area (Å²) in [6, 6.07) is 16.1. The van der Waals surface area contributed by atoms with Gasteiger partial charge in [0.2, 0.25) is 0 Å². The standard InChI is InChI=1S/C24H29N3O5S/c1-30-21-9-10-23(31-2)24(16-21)33(28,29)25-20-7-5-19(6-8-20)17-26-11-13-27(14-12-26)18-22-4-3-15-32-22/h3-10,15-16,25H,11-14,17-18H2,1-2H3. The second kappa shape index (κ2) is 10.3. The molecule has 0 unspecified atom stereocenters. The van der Waals surface area contributed by atoms with Gasteiger partial charge < -0.3 is 13.9 Å². The third kappa shape index (κ3) is 5.87. The quantitative estimate of drug-likeness (QED) is 0.512. The lowest BCUT2D eigenvalue weighted by atomic mass is 10.2. The average molecular weight is 472 g/mol. The molecule has 1 aliphatic rings. The van der Waals surface area contributed by atoms with Crippen LogP contribution in [0.1, 0.15) is 11.3 Å². The maximum absolute atomic E-state index is 12.9. The smallest absolute Gasteiger partial charge is 0.265 e. The number of ether oxygens (including phenoxy) is 2. The Balaban J connectivity index is 1.34. The summed E-state index contributed by atoms with van der Waals surface area (Å²) in [5, 5.41) is 0. The van der Waals surface area contributed by atoms with E-state index in [-0.39, 0.29) is 10.6 Å². The van der Waals surface area contributed by atoms with Gasteiger partial charge in [0.05, 0.1) is 27.0 Å². The Hall–Kier alpha value is -3.01. The number of nitrogens with one attached hydrogen (secondary N) is 1. The van der Waals surface area contributed by atoms with Gasteiger partial charge in [0.1, 0.15) is 22.2 Å². The number of rotatable bonds is 9. The number of piperazine rings is 1. The molecule has 0 bridgehead atoms. The van der Waals surface area contributed by atoms with E-state index in [0.29, 0.717) is 11.4 Å². The van der Waals surface area contributed by atoms with Gasteiger partial charge in [-0.15, -0.1) is 0 Å². The van der Waals surface area contributed by atoms with Crippen molar-refractivity contribution in [3.63, 3.8) is 0 Å². The fourth-order valence-corrected chi connectivity index (χ4v) is 5.11. The Morgan fingerprint density at radius 3 is 2.21 bits per heavy atom. The summed E-state index contributed by atoms with van der Waals surface area (Å²) in [4.78, 5) is 4.82. The third-order valence-corrected chi connectivity index (χ3v) is 7.10. The largest absolute Gasteiger partial charge is 0.497 e. The van der Waals surface area contributed by atoms with E-state index >= 15 is 0 Å². The van der Waals surface area contributed by atoms with E-state index in [0.717, 1.165) is 50.6 Å². The van der Waals surface area contributed by atoms with Crippen molar-refractivity contribution in [2.75, 3.05) is 45.1 Å². The van der Waals surface area contributed by atoms with Gasteiger partial charge in [0, 0.05) is 44.5 Å². The number of methoxy groups -OCH3 is 2. The number of anilines is 1. The molecule has 1 aliphatic heterocycles. The summed E-state index contributed by atoms with van der Waals surface area (Å²) in [5.74, 6) is 1.69. The maximum Gasteiger partial charge on any atom is 0.265 e. The number of hydrogen-bond acceptors (Lipinski definition) is 7. The Morgan fingerprint density at radius 2 is 1.61 bits per heavy atom. The highest BCUT2D eigenvalue weighted by molar-refractivity contribution is 7.92. The van der Waals surface area contributed by atoms with E-state index in [1.165, 1.54) is 20.3 Å². The second-order valence-electron chi connectivity index (χ2n) is 7.95. The summed E-state index contributed by atoms with van der Waals surface area (Å²) in [6.07, 6.45) is 1.71. The molecule has 0 amide bonds. The molecular formula is C24H29N3O5S. The third-order valence-electron chi connectivity index (χ3n) is 5.70. The van der Waals surface area contributed by atoms with Crippen molar-refractivity contribution in [2.45, 2.75) is 18.0 Å². The highest BCUT2D eigenvalue weighted by atomic mass is 32.2. The van der Waals surface area contributed by atoms with Gasteiger partial charge in [0.15, 0.2) is 0 Å². The number of benzene rings is 2. The summed E-state index contributed by atoms with van der Waals surface area (Å²) < 4.78 is 44.3. The molecule has 9 heteroatoms. The number of furan rings is 1. The van der Waals surface area contributed by atoms with Gasteiger partial charge >= 0.3 is 0 Å². The van der Waals surface area contributed by atoms with Crippen molar-refractivity contribution in [1.82, 2.24) is 9.80 Å². The minimum absolute atomic E-state index is 0.0286. The van der Waals surface area contributed by atoms with Gasteiger partial charge in [0.25, 0.3) is 10.0 Å². The van der Waals surface area contributed by atoms with E-state index in [9.17, 15) is 8.42 Å². The lowest BCUT2D eigenvalue weighted by molar-refractivity contribution is 0.116. The summed E-state index contributed by atoms with van der Waals surface area (Å²) in [6.45, 7) is 5.59. The first-order valence-electron chi connectivity index (χ1n) is 10.8. The van der Waals surface area contributed by atoms with Crippen LogP contribution < -0.4 is 14.2 Å². The molecule has 8 nitrogen and oxygen atoms in total. The first-order valence-corrected chi connectivity index (χ1v) is 12.3. The Kier molecular flexibility index (Phi) is 7.22. The molecule has 1 saturated heterocycles. The van der Waals surface area contributed by atoms with Crippen LogP contribution in [0.2, 0.25) is 0 Å². The molecular weight excluding hydrogens is 442 g/mol. The van der Waals surface area contributed by atoms with E-state index in [1.807, 2.05) is 24.3 Å². The molecule has 4 rings (SSSR count). The van der Waals surface area contributed by atoms with Crippen molar-refractivity contribution in [1.29, 1.82) is 0 Å². The summed E-state index contributed by atoms with van der Waals surface area (Å²) >= 11 is 0. The molecule has 2 aromatic carbocycles. The summed E-state index contributed by atoms with van der Waals surface area (Å²) in [7, 11) is -0.909. The van der Waals surface area contributed by atoms with Gasteiger partial charge in [-0.1, -0.05) is 12.1 Å². The molecule has 2 heterocycles. The maximum atomic E-state index is 12.9. The van der Waals surface area contributed by atoms with Crippen molar-refractivity contribution >= 4 is 15.7 Å². The lowest BCUT2D eigenvalue weighted by Crippen LogP contribution is -2.45. The molecule has 0 spiro atoms. The average Bonchev–Trinajstić information content (AvgIpc) is 3.34. The van der Waals surface area contributed by atoms with Crippen LogP contribution in [0.15, 0.2) is 70.2 Å². The van der Waals surface area contributed by atoms with Crippen molar-refractivity contribution < 1.29 is 22.3 Å². The monoisotopic (exact) mass is 471 g/mol. The fraction of sp³-hybridized carbons (Fsp3) is 0.333. The molecule has 176 valence electrons. The number of nitrogens with zero attached hydrogens (tertiary/aromatic N) is 2. The van der Waals surface area contributed by atoms with Crippen LogP contribution in [0.5, 0.6) is 11.5 Å². The van der Waals surface area contributed by atoms with Crippen LogP contribution in [-0.4, -0.2) is 58.6 Å². The van der Waals surface area contributed by atoms with Crippen LogP contribution in [0.4, 0.5) is 5.69 Å². The molecule has 0 aliphatic carbocycles. The van der Waals surface area contributed by atoms with Crippen LogP contribution in [0, 0.1) is 0 Å². The Bertz CT molecular complexity index is 1140. The predicted molar refractivity (Wildman–Crippen MR) is 126 cm³/mol. The minimum atomic E-state index is -3.84. The Labute approximate surface area is 194 Å². The topological polar surface area (TPSA) is 84.2 Å². The van der Waals surface area contributed by atoms with Crippen molar-refractivity contribution in [3.8, 4) is 11.5 Å². The number of sulfonamides is 1. The molecule has 1 fully saturated rings. The van der Waals surface area contributed by atoms with E-state index in [1.54, 1.807) is 30.5 Å². The molecule has 1 aromatic heterocycles. The zero-order chi connectivity index (χ0) is 23.3. The van der Waals surface area contributed by atoms with E-state index in [2.05, 4.69) is 14.5 Å². The molecule has 33 heavy (non-hydrogen) atoms. The highest BCUT2D eigenvalue weighted by Gasteiger charge is 2.21. The van der Waals surface area contributed by atoms with Crippen LogP contribution >= 0.6 is 0 Å². The predicted octanol–water partition coefficient (Wildman–Crippen LogP) is 3.42. The van der Waals surface area contributed by atoms with Crippen LogP contribution in [0.25, 0.3) is 0 Å². The lowest BCUT2D eigenvalue weighted by Gasteiger charge is -2.34. The van der Waals surface area contributed by atoms with Gasteiger partial charge in [-0.25, -0.2) is 8.42 Å². The van der Waals surface area contributed by atoms with Crippen molar-refractivity contribution in [3.05, 3.63) is 72.2 Å². The fourth-order valence-electron chi connectivity index (χ4n) is 3.87. The molecule has 0 radical (unpaired) electrons. The first-order chi connectivity index (χ1) is 16.0. The zero-order valence-corrected chi connectivity index (χ0v) is 19.7. The molecule has 0 atom stereocenters. The molecule has 0 saturated carbocycles. The first kappa shape index (κ1) is 23.2. The normalized spacial score (nSPS) is 15.3. The number of hydrogen-bond donors (Lipinski definition) is 1. The zero-order valence-electron chi connectivity index (χ0n) is 18.9. The summed E-state index contributed by atoms with van der Waals surface area (Å²) in [5.41, 5.74) is 1.63. The minimum Gasteiger partial charge on any atom is -0.497 e. The Morgan fingerprint density at radius 1 is 0.909 bits per heavy atom.